The molecule has 170 valence electrons. The van der Waals surface area contributed by atoms with Gasteiger partial charge in [-0.1, -0.05) is 0 Å². The smallest absolute Gasteiger partial charge is 1.00 e. The molecule has 0 spiro atoms. The Kier molecular flexibility index (Phi) is 6.42. The summed E-state index contributed by atoms with van der Waals surface area (Å²) >= 11 is -0.807. The van der Waals surface area contributed by atoms with Crippen molar-refractivity contribution in [1.82, 2.24) is 0 Å². The summed E-state index contributed by atoms with van der Waals surface area (Å²) in [5.41, 5.74) is 10.4. The number of hydrogen-bond acceptors (Lipinski definition) is 0. The van der Waals surface area contributed by atoms with Gasteiger partial charge >= 0.3 is 200 Å². The van der Waals surface area contributed by atoms with Gasteiger partial charge in [0.15, 0.2) is 0 Å². The van der Waals surface area contributed by atoms with Crippen molar-refractivity contribution in [1.29, 1.82) is 0 Å². The minimum absolute atomic E-state index is 0. The number of allylic oxidation sites excluding steroid dienone is 4. The third-order valence-corrected chi connectivity index (χ3v) is 14.1. The van der Waals surface area contributed by atoms with Gasteiger partial charge < -0.3 is 24.8 Å². The summed E-state index contributed by atoms with van der Waals surface area (Å²) in [6.07, 6.45) is 11.8. The van der Waals surface area contributed by atoms with Crippen molar-refractivity contribution in [3.63, 3.8) is 0 Å². The molecule has 6 aliphatic carbocycles. The van der Waals surface area contributed by atoms with Crippen LogP contribution in [-0.4, -0.2) is 0 Å². The Bertz CT molecular complexity index is 1060. The van der Waals surface area contributed by atoms with Crippen LogP contribution in [0.2, 0.25) is 0 Å². The van der Waals surface area contributed by atoms with Gasteiger partial charge in [0.05, 0.1) is 0 Å². The molecule has 33 heavy (non-hydrogen) atoms. The zero-order chi connectivity index (χ0) is 20.7. The number of halogens is 2. The van der Waals surface area contributed by atoms with Gasteiger partial charge in [-0.2, -0.15) is 0 Å². The first kappa shape index (κ1) is 24.1. The third kappa shape index (κ3) is 3.63. The maximum Gasteiger partial charge on any atom is -1.00 e. The Morgan fingerprint density at radius 3 is 1.76 bits per heavy atom. The summed E-state index contributed by atoms with van der Waals surface area (Å²) in [5.74, 6) is 3.76. The Labute approximate surface area is 223 Å². The van der Waals surface area contributed by atoms with Crippen molar-refractivity contribution in [2.45, 2.75) is 56.0 Å². The molecule has 6 aliphatic rings. The van der Waals surface area contributed by atoms with Gasteiger partial charge in [0.1, 0.15) is 0 Å². The molecule has 2 aromatic rings. The fraction of sp³-hybridized carbons (Fsp3) is 0.467. The molecule has 1 unspecified atom stereocenters. The molecule has 3 heteroatoms. The largest absolute Gasteiger partial charge is 1.00 e. The van der Waals surface area contributed by atoms with Gasteiger partial charge in [-0.25, -0.2) is 0 Å². The molecule has 0 aromatic heterocycles. The SMILES string of the molecule is CC1=CC(C)[C]([Zr+2][CH]2c3ccccc3-c3ccccc32)=C1C12CC3CC(CC(C3)C1)C2.[Cl-].[Cl-]. The Morgan fingerprint density at radius 1 is 0.758 bits per heavy atom. The van der Waals surface area contributed by atoms with Gasteiger partial charge in [-0.05, 0) is 0 Å². The molecule has 0 heterocycles. The molecular formula is C30H32Cl2Zr. The zero-order valence-electron chi connectivity index (χ0n) is 19.6. The van der Waals surface area contributed by atoms with Crippen molar-refractivity contribution in [2.75, 3.05) is 0 Å². The van der Waals surface area contributed by atoms with Gasteiger partial charge in [-0.3, -0.25) is 0 Å². The Morgan fingerprint density at radius 2 is 1.24 bits per heavy atom. The molecular weight excluding hydrogens is 522 g/mol. The fourth-order valence-electron chi connectivity index (χ4n) is 8.77. The summed E-state index contributed by atoms with van der Waals surface area (Å²) < 4.78 is 2.65. The minimum Gasteiger partial charge on any atom is -1.00 e. The molecule has 0 saturated heterocycles. The molecule has 0 aliphatic heterocycles. The van der Waals surface area contributed by atoms with Crippen LogP contribution in [0.5, 0.6) is 0 Å². The van der Waals surface area contributed by atoms with Crippen molar-refractivity contribution in [3.05, 3.63) is 80.2 Å². The van der Waals surface area contributed by atoms with E-state index in [1.54, 1.807) is 36.0 Å². The normalized spacial score (nSPS) is 33.1. The summed E-state index contributed by atoms with van der Waals surface area (Å²) in [6.45, 7) is 4.98. The summed E-state index contributed by atoms with van der Waals surface area (Å²) in [6, 6.07) is 18.6. The van der Waals surface area contributed by atoms with Crippen LogP contribution in [0.3, 0.4) is 0 Å². The molecule has 4 bridgehead atoms. The third-order valence-electron chi connectivity index (χ3n) is 9.32. The van der Waals surface area contributed by atoms with Crippen LogP contribution >= 0.6 is 0 Å². The average Bonchev–Trinajstić information content (AvgIpc) is 3.22. The van der Waals surface area contributed by atoms with E-state index in [9.17, 15) is 0 Å². The predicted molar refractivity (Wildman–Crippen MR) is 124 cm³/mol. The molecule has 0 N–H and O–H groups in total. The Balaban J connectivity index is 0.00000114. The van der Waals surface area contributed by atoms with Gasteiger partial charge in [0, 0.05) is 0 Å². The predicted octanol–water partition coefficient (Wildman–Crippen LogP) is 1.91. The van der Waals surface area contributed by atoms with E-state index in [2.05, 4.69) is 68.5 Å². The van der Waals surface area contributed by atoms with E-state index in [1.165, 1.54) is 30.4 Å². The van der Waals surface area contributed by atoms with Crippen LogP contribution in [0.15, 0.2) is 69.0 Å². The fourth-order valence-corrected chi connectivity index (χ4v) is 13.9. The van der Waals surface area contributed by atoms with Crippen molar-refractivity contribution in [2.24, 2.45) is 29.1 Å². The van der Waals surface area contributed by atoms with Crippen LogP contribution in [0, 0.1) is 29.1 Å². The van der Waals surface area contributed by atoms with Crippen LogP contribution < -0.4 is 24.8 Å². The average molecular weight is 555 g/mol. The van der Waals surface area contributed by atoms with Crippen LogP contribution in [0.1, 0.15) is 67.1 Å². The second-order valence-electron chi connectivity index (χ2n) is 11.4. The molecule has 0 nitrogen and oxygen atoms in total. The van der Waals surface area contributed by atoms with E-state index < -0.39 is 23.2 Å². The Hall–Kier alpha value is -0.617. The molecule has 2 aromatic carbocycles. The standard InChI is InChI=1S/C17H23.C13H9.2ClH.Zr/c1-11-3-12(2)16(4-11)17-8-13-5-14(9-17)7-15(6-13)10-17;1-3-7-12-10(5-1)9-11-6-2-4-8-13(11)12;;;/h3,11,13-15H,5-10H2,1-2H3;1-9H;2*1H;/q;;;;+2/p-2. The molecule has 0 radical (unpaired) electrons. The second-order valence-corrected chi connectivity index (χ2v) is 14.8. The molecule has 8 rings (SSSR count). The van der Waals surface area contributed by atoms with E-state index in [0.29, 0.717) is 15.0 Å². The number of hydrogen-bond donors (Lipinski definition) is 0. The second kappa shape index (κ2) is 8.80. The maximum absolute atomic E-state index is 2.65. The molecule has 4 saturated carbocycles. The van der Waals surface area contributed by atoms with Crippen molar-refractivity contribution in [3.8, 4) is 11.1 Å². The minimum atomic E-state index is -0.807. The van der Waals surface area contributed by atoms with Gasteiger partial charge in [0.2, 0.25) is 0 Å². The van der Waals surface area contributed by atoms with Crippen LogP contribution in [0.4, 0.5) is 0 Å². The van der Waals surface area contributed by atoms with E-state index in [1.807, 2.05) is 8.85 Å². The summed E-state index contributed by atoms with van der Waals surface area (Å²) in [7, 11) is 0. The molecule has 1 atom stereocenters. The van der Waals surface area contributed by atoms with Crippen LogP contribution in [-0.2, 0) is 23.2 Å². The number of benzene rings is 2. The van der Waals surface area contributed by atoms with E-state index in [4.69, 9.17) is 0 Å². The zero-order valence-corrected chi connectivity index (χ0v) is 23.6. The van der Waals surface area contributed by atoms with E-state index >= 15 is 0 Å². The molecule has 0 amide bonds. The maximum atomic E-state index is 2.65. The number of rotatable bonds is 3. The van der Waals surface area contributed by atoms with Gasteiger partial charge in [-0.15, -0.1) is 0 Å². The summed E-state index contributed by atoms with van der Waals surface area (Å²) in [5, 5.41) is 0. The van der Waals surface area contributed by atoms with Crippen molar-refractivity contribution >= 4 is 0 Å². The van der Waals surface area contributed by atoms with E-state index in [-0.39, 0.29) is 24.8 Å². The van der Waals surface area contributed by atoms with Crippen molar-refractivity contribution < 1.29 is 48.0 Å². The van der Waals surface area contributed by atoms with Gasteiger partial charge in [0.25, 0.3) is 0 Å². The first-order chi connectivity index (χ1) is 15.1. The first-order valence-electron chi connectivity index (χ1n) is 12.5. The topological polar surface area (TPSA) is 0 Å². The first-order valence-corrected chi connectivity index (χ1v) is 15.1. The quantitative estimate of drug-likeness (QED) is 0.544. The summed E-state index contributed by atoms with van der Waals surface area (Å²) in [4.78, 5) is 0. The van der Waals surface area contributed by atoms with Crippen LogP contribution in [0.25, 0.3) is 11.1 Å². The van der Waals surface area contributed by atoms with E-state index in [0.717, 1.165) is 17.8 Å². The number of fused-ring (bicyclic) bond motifs is 3. The monoisotopic (exact) mass is 552 g/mol. The molecule has 4 fully saturated rings.